The van der Waals surface area contributed by atoms with Gasteiger partial charge in [-0.15, -0.1) is 0 Å². The summed E-state index contributed by atoms with van der Waals surface area (Å²) in [5, 5.41) is 12.9. The summed E-state index contributed by atoms with van der Waals surface area (Å²) in [4.78, 5) is 0. The van der Waals surface area contributed by atoms with E-state index in [-0.39, 0.29) is 0 Å². The third kappa shape index (κ3) is 4.07. The third-order valence-electron chi connectivity index (χ3n) is 11.1. The summed E-state index contributed by atoms with van der Waals surface area (Å²) in [6.45, 7) is 6.78. The highest BCUT2D eigenvalue weighted by Gasteiger charge is 2.21. The van der Waals surface area contributed by atoms with Gasteiger partial charge in [0.15, 0.2) is 0 Å². The van der Waals surface area contributed by atoms with Gasteiger partial charge >= 0.3 is 0 Å². The van der Waals surface area contributed by atoms with Crippen molar-refractivity contribution in [1.29, 1.82) is 0 Å². The Morgan fingerprint density at radius 3 is 1.56 bits per heavy atom. The van der Waals surface area contributed by atoms with E-state index in [4.69, 9.17) is 0 Å². The fourth-order valence-electron chi connectivity index (χ4n) is 8.69. The summed E-state index contributed by atoms with van der Waals surface area (Å²) in [6, 6.07) is 58.4. The number of hydrogen-bond acceptors (Lipinski definition) is 0. The minimum atomic E-state index is 1.17. The summed E-state index contributed by atoms with van der Waals surface area (Å²) in [6.07, 6.45) is 0. The van der Waals surface area contributed by atoms with Gasteiger partial charge in [0.05, 0.1) is 11.0 Å². The molecule has 10 rings (SSSR count). The van der Waals surface area contributed by atoms with Gasteiger partial charge in [0.2, 0.25) is 0 Å². The monoisotopic (exact) mass is 637 g/mol. The zero-order valence-electron chi connectivity index (χ0n) is 28.5. The summed E-state index contributed by atoms with van der Waals surface area (Å²) < 4.78 is 2.52. The van der Waals surface area contributed by atoms with Crippen molar-refractivity contribution in [1.82, 2.24) is 4.57 Å². The molecule has 0 N–H and O–H groups in total. The number of hydrogen-bond donors (Lipinski definition) is 0. The summed E-state index contributed by atoms with van der Waals surface area (Å²) in [7, 11) is 0. The van der Waals surface area contributed by atoms with Crippen LogP contribution in [0.5, 0.6) is 0 Å². The van der Waals surface area contributed by atoms with Crippen LogP contribution in [0, 0.1) is 20.8 Å². The molecule has 1 heteroatoms. The van der Waals surface area contributed by atoms with E-state index in [1.54, 1.807) is 0 Å². The van der Waals surface area contributed by atoms with Crippen LogP contribution in [0.15, 0.2) is 158 Å². The van der Waals surface area contributed by atoms with E-state index < -0.39 is 0 Å². The Balaban J connectivity index is 1.27. The Morgan fingerprint density at radius 1 is 0.380 bits per heavy atom. The van der Waals surface area contributed by atoms with Crippen molar-refractivity contribution in [2.24, 2.45) is 0 Å². The smallest absolute Gasteiger partial charge is 0.0622 e. The molecular formula is C49H35N. The lowest BCUT2D eigenvalue weighted by atomic mass is 9.86. The number of aromatic nitrogens is 1. The predicted octanol–water partition coefficient (Wildman–Crippen LogP) is 13.7. The molecule has 1 heterocycles. The van der Waals surface area contributed by atoms with E-state index in [9.17, 15) is 0 Å². The maximum atomic E-state index is 2.52. The number of rotatable bonds is 3. The molecule has 0 aliphatic carbocycles. The Kier molecular flexibility index (Phi) is 6.29. The molecule has 0 bridgehead atoms. The molecule has 1 aromatic heterocycles. The van der Waals surface area contributed by atoms with Crippen LogP contribution < -0.4 is 0 Å². The normalized spacial score (nSPS) is 11.9. The molecule has 0 fully saturated rings. The zero-order valence-corrected chi connectivity index (χ0v) is 28.5. The van der Waals surface area contributed by atoms with Crippen molar-refractivity contribution in [3.63, 3.8) is 0 Å². The quantitative estimate of drug-likeness (QED) is 0.170. The molecule has 0 spiro atoms. The van der Waals surface area contributed by atoms with Crippen LogP contribution in [-0.2, 0) is 0 Å². The van der Waals surface area contributed by atoms with Crippen molar-refractivity contribution in [3.05, 3.63) is 174 Å². The molecule has 0 unspecified atom stereocenters. The van der Waals surface area contributed by atoms with Crippen molar-refractivity contribution >= 4 is 64.9 Å². The van der Waals surface area contributed by atoms with Gasteiger partial charge in [-0.25, -0.2) is 0 Å². The first-order chi connectivity index (χ1) is 24.6. The maximum Gasteiger partial charge on any atom is 0.0622 e. The Bertz CT molecular complexity index is 2920. The number of aryl methyl sites for hydroxylation is 3. The largest absolute Gasteiger partial charge is 0.309 e. The molecule has 0 aliphatic rings. The van der Waals surface area contributed by atoms with Gasteiger partial charge in [-0.05, 0) is 116 Å². The van der Waals surface area contributed by atoms with Crippen molar-refractivity contribution in [2.45, 2.75) is 20.8 Å². The molecule has 236 valence electrons. The average molecular weight is 638 g/mol. The number of fused-ring (bicyclic) bond motifs is 9. The van der Waals surface area contributed by atoms with Crippen LogP contribution in [0.3, 0.4) is 0 Å². The lowest BCUT2D eigenvalue weighted by Crippen LogP contribution is -1.97. The second-order valence-electron chi connectivity index (χ2n) is 13.8. The van der Waals surface area contributed by atoms with Gasteiger partial charge in [0, 0.05) is 21.8 Å². The summed E-state index contributed by atoms with van der Waals surface area (Å²) in [5.41, 5.74) is 12.7. The average Bonchev–Trinajstić information content (AvgIpc) is 3.51. The van der Waals surface area contributed by atoms with Crippen LogP contribution >= 0.6 is 0 Å². The summed E-state index contributed by atoms with van der Waals surface area (Å²) >= 11 is 0. The molecule has 0 aliphatic heterocycles. The Morgan fingerprint density at radius 2 is 0.920 bits per heavy atom. The first-order valence-corrected chi connectivity index (χ1v) is 17.5. The molecule has 0 atom stereocenters. The fraction of sp³-hybridized carbons (Fsp3) is 0.0612. The van der Waals surface area contributed by atoms with E-state index in [1.807, 2.05) is 0 Å². The minimum Gasteiger partial charge on any atom is -0.309 e. The van der Waals surface area contributed by atoms with Crippen LogP contribution in [-0.4, -0.2) is 4.57 Å². The van der Waals surface area contributed by atoms with E-state index in [0.29, 0.717) is 0 Å². The van der Waals surface area contributed by atoms with Crippen LogP contribution in [0.2, 0.25) is 0 Å². The van der Waals surface area contributed by atoms with Crippen molar-refractivity contribution in [3.8, 4) is 27.9 Å². The SMILES string of the molecule is Cc1cc(C)c2ccc3c4c5ccccc5ccc4n(-c4ccc(-c5c6ccccc6c(-c6ccccc6)c6ccccc56)cc4)c3c2c1C. The van der Waals surface area contributed by atoms with Gasteiger partial charge in [-0.2, -0.15) is 0 Å². The van der Waals surface area contributed by atoms with Crippen molar-refractivity contribution < 1.29 is 0 Å². The second kappa shape index (κ2) is 10.9. The lowest BCUT2D eigenvalue weighted by Gasteiger charge is -2.18. The third-order valence-corrected chi connectivity index (χ3v) is 11.1. The lowest BCUT2D eigenvalue weighted by molar-refractivity contribution is 1.18. The van der Waals surface area contributed by atoms with E-state index in [2.05, 4.69) is 183 Å². The van der Waals surface area contributed by atoms with Gasteiger partial charge in [0.1, 0.15) is 0 Å². The van der Waals surface area contributed by atoms with Gasteiger partial charge in [-0.3, -0.25) is 0 Å². The predicted molar refractivity (Wildman–Crippen MR) is 216 cm³/mol. The van der Waals surface area contributed by atoms with Gasteiger partial charge < -0.3 is 4.57 Å². The molecule has 0 amide bonds. The van der Waals surface area contributed by atoms with Crippen molar-refractivity contribution in [2.75, 3.05) is 0 Å². The van der Waals surface area contributed by atoms with Gasteiger partial charge in [-0.1, -0.05) is 140 Å². The molecule has 50 heavy (non-hydrogen) atoms. The highest BCUT2D eigenvalue weighted by molar-refractivity contribution is 6.27. The van der Waals surface area contributed by atoms with Crippen LogP contribution in [0.1, 0.15) is 16.7 Å². The first kappa shape index (κ1) is 28.8. The molecule has 10 aromatic rings. The molecule has 9 aromatic carbocycles. The standard InChI is InChI=1S/C49H35N/c1-30-29-31(2)37-26-27-43-48-38-16-8-7-13-33(38)23-28-44(48)50(49(43)45(37)32(30)3)36-24-21-35(22-25-36)47-41-19-11-9-17-39(41)46(34-14-5-4-6-15-34)40-18-10-12-20-42(40)47/h4-29H,1-3H3. The second-order valence-corrected chi connectivity index (χ2v) is 13.8. The molecule has 1 nitrogen and oxygen atoms in total. The number of benzene rings is 9. The maximum absolute atomic E-state index is 2.52. The highest BCUT2D eigenvalue weighted by Crippen LogP contribution is 2.45. The van der Waals surface area contributed by atoms with E-state index in [0.717, 1.165) is 0 Å². The zero-order chi connectivity index (χ0) is 33.5. The van der Waals surface area contributed by atoms with Crippen LogP contribution in [0.4, 0.5) is 0 Å². The van der Waals surface area contributed by atoms with Crippen LogP contribution in [0.25, 0.3) is 92.8 Å². The highest BCUT2D eigenvalue weighted by atomic mass is 15.0. The molecule has 0 saturated carbocycles. The first-order valence-electron chi connectivity index (χ1n) is 17.5. The van der Waals surface area contributed by atoms with Gasteiger partial charge in [0.25, 0.3) is 0 Å². The topological polar surface area (TPSA) is 4.93 Å². The molecule has 0 radical (unpaired) electrons. The molecular weight excluding hydrogens is 603 g/mol. The number of nitrogens with zero attached hydrogens (tertiary/aromatic N) is 1. The minimum absolute atomic E-state index is 1.17. The summed E-state index contributed by atoms with van der Waals surface area (Å²) in [5.74, 6) is 0. The van der Waals surface area contributed by atoms with E-state index in [1.165, 1.54) is 110 Å². The fourth-order valence-corrected chi connectivity index (χ4v) is 8.69. The Hall–Kier alpha value is -6.18. The Labute approximate surface area is 291 Å². The molecule has 0 saturated heterocycles. The van der Waals surface area contributed by atoms with E-state index >= 15 is 0 Å².